The van der Waals surface area contributed by atoms with Gasteiger partial charge in [-0.1, -0.05) is 57.0 Å². The maximum atomic E-state index is 6.43. The molecule has 1 aliphatic carbocycles. The zero-order valence-electron chi connectivity index (χ0n) is 13.1. The molecule has 0 heterocycles. The summed E-state index contributed by atoms with van der Waals surface area (Å²) in [7, 11) is 0. The van der Waals surface area contributed by atoms with Gasteiger partial charge in [0.05, 0.1) is 0 Å². The van der Waals surface area contributed by atoms with Gasteiger partial charge in [0.2, 0.25) is 0 Å². The van der Waals surface area contributed by atoms with Crippen LogP contribution in [0.4, 0.5) is 0 Å². The first-order valence-electron chi connectivity index (χ1n) is 8.21. The first-order chi connectivity index (χ1) is 9.66. The summed E-state index contributed by atoms with van der Waals surface area (Å²) in [5.41, 5.74) is 7.69. The molecule has 0 aliphatic heterocycles. The topological polar surface area (TPSA) is 29.3 Å². The van der Waals surface area contributed by atoms with Crippen molar-refractivity contribution < 1.29 is 0 Å². The molecule has 0 saturated heterocycles. The van der Waals surface area contributed by atoms with Crippen LogP contribution in [0.1, 0.15) is 57.6 Å². The Hall–Kier alpha value is -0.860. The van der Waals surface area contributed by atoms with Crippen molar-refractivity contribution in [3.63, 3.8) is 0 Å². The van der Waals surface area contributed by atoms with Crippen LogP contribution in [0.3, 0.4) is 0 Å². The fourth-order valence-corrected chi connectivity index (χ4v) is 3.17. The molecule has 0 aromatic heterocycles. The Morgan fingerprint density at radius 2 is 1.80 bits per heavy atom. The summed E-state index contributed by atoms with van der Waals surface area (Å²) in [4.78, 5) is 2.66. The Balaban J connectivity index is 1.95. The van der Waals surface area contributed by atoms with E-state index in [4.69, 9.17) is 5.73 Å². The molecule has 2 rings (SSSR count). The van der Waals surface area contributed by atoms with Gasteiger partial charge in [-0.15, -0.1) is 0 Å². The van der Waals surface area contributed by atoms with Crippen molar-refractivity contribution in [1.29, 1.82) is 0 Å². The lowest BCUT2D eigenvalue weighted by Gasteiger charge is -2.32. The van der Waals surface area contributed by atoms with Gasteiger partial charge in [0, 0.05) is 18.6 Å². The number of nitrogens with zero attached hydrogens (tertiary/aromatic N) is 1. The molecule has 20 heavy (non-hydrogen) atoms. The van der Waals surface area contributed by atoms with Crippen LogP contribution in [0.25, 0.3) is 0 Å². The molecular weight excluding hydrogens is 244 g/mol. The highest BCUT2D eigenvalue weighted by atomic mass is 15.2. The standard InChI is InChI=1S/C18H30N2/c1-15(2)12-13-20(17-10-6-7-11-17)14-18(19)16-8-4-3-5-9-16/h3-5,8-9,15,17-18H,6-7,10-14,19H2,1-2H3. The maximum absolute atomic E-state index is 6.43. The van der Waals surface area contributed by atoms with Crippen LogP contribution in [0.15, 0.2) is 30.3 Å². The monoisotopic (exact) mass is 274 g/mol. The molecule has 1 unspecified atom stereocenters. The summed E-state index contributed by atoms with van der Waals surface area (Å²) in [5.74, 6) is 0.770. The van der Waals surface area contributed by atoms with Crippen molar-refractivity contribution in [1.82, 2.24) is 4.90 Å². The zero-order chi connectivity index (χ0) is 14.4. The molecule has 0 amide bonds. The molecule has 1 aromatic rings. The Kier molecular flexibility index (Phi) is 6.06. The van der Waals surface area contributed by atoms with Crippen molar-refractivity contribution in [2.75, 3.05) is 13.1 Å². The van der Waals surface area contributed by atoms with Gasteiger partial charge in [0.25, 0.3) is 0 Å². The van der Waals surface area contributed by atoms with Gasteiger partial charge < -0.3 is 5.73 Å². The van der Waals surface area contributed by atoms with Gasteiger partial charge in [-0.2, -0.15) is 0 Å². The summed E-state index contributed by atoms with van der Waals surface area (Å²) >= 11 is 0. The van der Waals surface area contributed by atoms with Gasteiger partial charge in [-0.05, 0) is 37.3 Å². The number of benzene rings is 1. The van der Waals surface area contributed by atoms with Crippen LogP contribution in [0.5, 0.6) is 0 Å². The van der Waals surface area contributed by atoms with Crippen molar-refractivity contribution >= 4 is 0 Å². The van der Waals surface area contributed by atoms with Crippen LogP contribution in [0, 0.1) is 5.92 Å². The van der Waals surface area contributed by atoms with Crippen LogP contribution >= 0.6 is 0 Å². The minimum absolute atomic E-state index is 0.143. The number of nitrogens with two attached hydrogens (primary N) is 1. The van der Waals surface area contributed by atoms with E-state index in [2.05, 4.69) is 49.1 Å². The molecule has 0 spiro atoms. The highest BCUT2D eigenvalue weighted by molar-refractivity contribution is 5.18. The van der Waals surface area contributed by atoms with Crippen molar-refractivity contribution in [2.24, 2.45) is 11.7 Å². The molecule has 0 bridgehead atoms. The van der Waals surface area contributed by atoms with E-state index in [0.717, 1.165) is 18.5 Å². The molecular formula is C18H30N2. The van der Waals surface area contributed by atoms with Crippen LogP contribution < -0.4 is 5.73 Å². The molecule has 1 atom stereocenters. The lowest BCUT2D eigenvalue weighted by molar-refractivity contribution is 0.177. The lowest BCUT2D eigenvalue weighted by atomic mass is 10.0. The Morgan fingerprint density at radius 1 is 1.15 bits per heavy atom. The minimum Gasteiger partial charge on any atom is -0.323 e. The molecule has 112 valence electrons. The van der Waals surface area contributed by atoms with Crippen molar-refractivity contribution in [2.45, 2.75) is 58.0 Å². The molecule has 0 radical (unpaired) electrons. The van der Waals surface area contributed by atoms with Gasteiger partial charge in [-0.25, -0.2) is 0 Å². The Labute approximate surface area is 124 Å². The number of rotatable bonds is 7. The van der Waals surface area contributed by atoms with Crippen LogP contribution in [0.2, 0.25) is 0 Å². The summed E-state index contributed by atoms with van der Waals surface area (Å²) in [6.07, 6.45) is 6.78. The zero-order valence-corrected chi connectivity index (χ0v) is 13.1. The van der Waals surface area contributed by atoms with E-state index in [1.807, 2.05) is 0 Å². The average Bonchev–Trinajstić information content (AvgIpc) is 2.98. The smallest absolute Gasteiger partial charge is 0.0424 e. The first kappa shape index (κ1) is 15.5. The Bertz CT molecular complexity index is 368. The summed E-state index contributed by atoms with van der Waals surface area (Å²) in [5, 5.41) is 0. The van der Waals surface area contributed by atoms with E-state index >= 15 is 0 Å². The third kappa shape index (κ3) is 4.60. The summed E-state index contributed by atoms with van der Waals surface area (Å²) < 4.78 is 0. The van der Waals surface area contributed by atoms with E-state index in [-0.39, 0.29) is 6.04 Å². The second-order valence-corrected chi connectivity index (χ2v) is 6.63. The molecule has 1 aliphatic rings. The minimum atomic E-state index is 0.143. The van der Waals surface area contributed by atoms with Gasteiger partial charge in [-0.3, -0.25) is 4.90 Å². The fourth-order valence-electron chi connectivity index (χ4n) is 3.17. The second-order valence-electron chi connectivity index (χ2n) is 6.63. The summed E-state index contributed by atoms with van der Waals surface area (Å²) in [6, 6.07) is 11.4. The highest BCUT2D eigenvalue weighted by Gasteiger charge is 2.24. The third-order valence-corrected chi connectivity index (χ3v) is 4.49. The van der Waals surface area contributed by atoms with Crippen molar-refractivity contribution in [3.05, 3.63) is 35.9 Å². The predicted octanol–water partition coefficient (Wildman–Crippen LogP) is 3.98. The first-order valence-corrected chi connectivity index (χ1v) is 8.21. The van der Waals surface area contributed by atoms with E-state index in [0.29, 0.717) is 0 Å². The molecule has 2 nitrogen and oxygen atoms in total. The molecule has 1 fully saturated rings. The molecule has 2 heteroatoms. The van der Waals surface area contributed by atoms with Gasteiger partial charge in [0.1, 0.15) is 0 Å². The quantitative estimate of drug-likeness (QED) is 0.815. The van der Waals surface area contributed by atoms with Crippen molar-refractivity contribution in [3.8, 4) is 0 Å². The van der Waals surface area contributed by atoms with E-state index in [9.17, 15) is 0 Å². The normalized spacial score (nSPS) is 18.1. The SMILES string of the molecule is CC(C)CCN(CC(N)c1ccccc1)C1CCCC1. The number of hydrogen-bond acceptors (Lipinski definition) is 2. The molecule has 2 N–H and O–H groups in total. The highest BCUT2D eigenvalue weighted by Crippen LogP contribution is 2.25. The van der Waals surface area contributed by atoms with Gasteiger partial charge >= 0.3 is 0 Å². The van der Waals surface area contributed by atoms with E-state index < -0.39 is 0 Å². The number of hydrogen-bond donors (Lipinski definition) is 1. The maximum Gasteiger partial charge on any atom is 0.0424 e. The van der Waals surface area contributed by atoms with Crippen LogP contribution in [-0.2, 0) is 0 Å². The molecule has 1 saturated carbocycles. The summed E-state index contributed by atoms with van der Waals surface area (Å²) in [6.45, 7) is 6.82. The fraction of sp³-hybridized carbons (Fsp3) is 0.667. The predicted molar refractivity (Wildman–Crippen MR) is 86.7 cm³/mol. The van der Waals surface area contributed by atoms with Crippen LogP contribution in [-0.4, -0.2) is 24.0 Å². The second kappa shape index (κ2) is 7.80. The van der Waals surface area contributed by atoms with E-state index in [1.54, 1.807) is 0 Å². The molecule has 1 aromatic carbocycles. The van der Waals surface area contributed by atoms with Gasteiger partial charge in [0.15, 0.2) is 0 Å². The average molecular weight is 274 g/mol. The largest absolute Gasteiger partial charge is 0.323 e. The Morgan fingerprint density at radius 3 is 2.40 bits per heavy atom. The lowest BCUT2D eigenvalue weighted by Crippen LogP contribution is -2.39. The third-order valence-electron chi connectivity index (χ3n) is 4.49. The van der Waals surface area contributed by atoms with E-state index in [1.165, 1.54) is 44.2 Å².